The van der Waals surface area contributed by atoms with Gasteiger partial charge in [-0.3, -0.25) is 9.97 Å². The van der Waals surface area contributed by atoms with Gasteiger partial charge in [-0.2, -0.15) is 0 Å². The second-order valence-electron chi connectivity index (χ2n) is 11.2. The molecule has 214 valence electrons. The summed E-state index contributed by atoms with van der Waals surface area (Å²) in [6, 6.07) is 41.7. The lowest BCUT2D eigenvalue weighted by molar-refractivity contribution is 1.07. The van der Waals surface area contributed by atoms with Gasteiger partial charge < -0.3 is 0 Å². The van der Waals surface area contributed by atoms with E-state index in [1.807, 2.05) is 36.4 Å². The van der Waals surface area contributed by atoms with E-state index in [0.717, 1.165) is 44.2 Å². The van der Waals surface area contributed by atoms with Crippen molar-refractivity contribution in [3.8, 4) is 45.4 Å². The minimum absolute atomic E-state index is 0.550. The van der Waals surface area contributed by atoms with Gasteiger partial charge in [0.2, 0.25) is 0 Å². The zero-order valence-electron chi connectivity index (χ0n) is 24.5. The summed E-state index contributed by atoms with van der Waals surface area (Å²) < 4.78 is 0. The summed E-state index contributed by atoms with van der Waals surface area (Å²) >= 11 is 0. The zero-order valence-corrected chi connectivity index (χ0v) is 24.5. The second-order valence-corrected chi connectivity index (χ2v) is 11.2. The average molecular weight is 589 g/mol. The molecule has 4 aromatic heterocycles. The van der Waals surface area contributed by atoms with E-state index in [1.165, 1.54) is 26.9 Å². The highest BCUT2D eigenvalue weighted by atomic mass is 15.0. The summed E-state index contributed by atoms with van der Waals surface area (Å²) in [5.74, 6) is 1.66. The third kappa shape index (κ3) is 4.27. The first kappa shape index (κ1) is 26.0. The van der Waals surface area contributed by atoms with Crippen LogP contribution < -0.4 is 0 Å². The summed E-state index contributed by atoms with van der Waals surface area (Å²) in [6.45, 7) is 0. The molecule has 0 fully saturated rings. The minimum atomic E-state index is 0.550. The molecule has 0 aliphatic rings. The van der Waals surface area contributed by atoms with Crippen LogP contribution in [0.2, 0.25) is 0 Å². The van der Waals surface area contributed by atoms with E-state index < -0.39 is 0 Å². The van der Waals surface area contributed by atoms with Crippen molar-refractivity contribution in [2.45, 2.75) is 0 Å². The topological polar surface area (TPSA) is 77.3 Å². The maximum absolute atomic E-state index is 5.33. The maximum atomic E-state index is 5.33. The van der Waals surface area contributed by atoms with Gasteiger partial charge in [0, 0.05) is 63.2 Å². The van der Waals surface area contributed by atoms with Crippen LogP contribution in [0.1, 0.15) is 0 Å². The predicted octanol–water partition coefficient (Wildman–Crippen LogP) is 9.34. The van der Waals surface area contributed by atoms with E-state index in [0.29, 0.717) is 17.5 Å². The summed E-state index contributed by atoms with van der Waals surface area (Å²) in [5.41, 5.74) is 5.35. The average Bonchev–Trinajstić information content (AvgIpc) is 3.15. The molecule has 9 aromatic rings. The number of hydrogen-bond acceptors (Lipinski definition) is 6. The highest BCUT2D eigenvalue weighted by molar-refractivity contribution is 6.33. The van der Waals surface area contributed by atoms with Crippen LogP contribution in [0.3, 0.4) is 0 Å². The molecule has 0 aliphatic heterocycles. The number of hydrogen-bond donors (Lipinski definition) is 0. The van der Waals surface area contributed by atoms with Gasteiger partial charge in [0.15, 0.2) is 17.5 Å². The van der Waals surface area contributed by atoms with Gasteiger partial charge in [-0.25, -0.2) is 19.9 Å². The Morgan fingerprint density at radius 1 is 0.348 bits per heavy atom. The van der Waals surface area contributed by atoms with Crippen molar-refractivity contribution in [1.82, 2.24) is 29.9 Å². The molecule has 46 heavy (non-hydrogen) atoms. The predicted molar refractivity (Wildman–Crippen MR) is 185 cm³/mol. The quantitative estimate of drug-likeness (QED) is 0.191. The third-order valence-corrected chi connectivity index (χ3v) is 8.44. The van der Waals surface area contributed by atoms with Gasteiger partial charge in [-0.05, 0) is 57.9 Å². The summed E-state index contributed by atoms with van der Waals surface area (Å²) in [7, 11) is 0. The standard InChI is InChI=1S/C40H24N6/c1-3-16-31-29(14-1)30-15-2-4-17-32(30)36-35(31)33-18-5-6-19-34(33)43-37(36)25-10-7-11-26(22-25)38-44-39(27-12-8-20-41-23-27)46-40(45-38)28-13-9-21-42-24-28/h1-24H. The van der Waals surface area contributed by atoms with Crippen molar-refractivity contribution in [2.24, 2.45) is 0 Å². The molecule has 0 spiro atoms. The van der Waals surface area contributed by atoms with Crippen molar-refractivity contribution in [1.29, 1.82) is 0 Å². The Bertz CT molecular complexity index is 2530. The normalized spacial score (nSPS) is 11.5. The fraction of sp³-hybridized carbons (Fsp3) is 0. The molecule has 0 radical (unpaired) electrons. The van der Waals surface area contributed by atoms with E-state index >= 15 is 0 Å². The van der Waals surface area contributed by atoms with Crippen LogP contribution in [0.5, 0.6) is 0 Å². The lowest BCUT2D eigenvalue weighted by Crippen LogP contribution is -2.00. The molecular weight excluding hydrogens is 564 g/mol. The Morgan fingerprint density at radius 2 is 0.848 bits per heavy atom. The van der Waals surface area contributed by atoms with E-state index in [9.17, 15) is 0 Å². The molecule has 5 aromatic carbocycles. The monoisotopic (exact) mass is 588 g/mol. The summed E-state index contributed by atoms with van der Waals surface area (Å²) in [4.78, 5) is 28.6. The molecule has 6 nitrogen and oxygen atoms in total. The number of para-hydroxylation sites is 1. The fourth-order valence-electron chi connectivity index (χ4n) is 6.39. The van der Waals surface area contributed by atoms with E-state index in [2.05, 4.69) is 94.9 Å². The Morgan fingerprint density at radius 3 is 1.46 bits per heavy atom. The van der Waals surface area contributed by atoms with Crippen LogP contribution in [-0.2, 0) is 0 Å². The second kappa shape index (κ2) is 10.6. The van der Waals surface area contributed by atoms with Crippen molar-refractivity contribution in [2.75, 3.05) is 0 Å². The van der Waals surface area contributed by atoms with Crippen molar-refractivity contribution in [3.63, 3.8) is 0 Å². The molecule has 0 unspecified atom stereocenters. The molecule has 9 rings (SSSR count). The van der Waals surface area contributed by atoms with E-state index in [4.69, 9.17) is 19.9 Å². The molecule has 0 amide bonds. The van der Waals surface area contributed by atoms with Gasteiger partial charge in [0.1, 0.15) is 0 Å². The largest absolute Gasteiger partial charge is 0.264 e. The number of fused-ring (bicyclic) bond motifs is 8. The zero-order chi connectivity index (χ0) is 30.5. The summed E-state index contributed by atoms with van der Waals surface area (Å²) in [6.07, 6.45) is 7.02. The first-order chi connectivity index (χ1) is 22.8. The lowest BCUT2D eigenvalue weighted by atomic mass is 9.90. The van der Waals surface area contributed by atoms with Crippen LogP contribution in [0.25, 0.3) is 88.6 Å². The van der Waals surface area contributed by atoms with Gasteiger partial charge in [-0.1, -0.05) is 84.9 Å². The molecule has 0 saturated carbocycles. The van der Waals surface area contributed by atoms with Crippen LogP contribution in [0.15, 0.2) is 146 Å². The van der Waals surface area contributed by atoms with Gasteiger partial charge in [0.05, 0.1) is 11.2 Å². The molecule has 0 atom stereocenters. The molecule has 0 N–H and O–H groups in total. The lowest BCUT2D eigenvalue weighted by Gasteiger charge is -2.16. The molecule has 0 saturated heterocycles. The van der Waals surface area contributed by atoms with Crippen molar-refractivity contribution < 1.29 is 0 Å². The SMILES string of the molecule is c1cncc(-c2nc(-c3cccnc3)nc(-c3cccc(-c4nc5ccccc5c5c6ccccc6c6ccccc6c45)c3)n2)c1. The van der Waals surface area contributed by atoms with Crippen LogP contribution in [0.4, 0.5) is 0 Å². The maximum Gasteiger partial charge on any atom is 0.165 e. The molecule has 0 aliphatic carbocycles. The smallest absolute Gasteiger partial charge is 0.165 e. The number of rotatable bonds is 4. The Kier molecular flexibility index (Phi) is 6.03. The molecule has 0 bridgehead atoms. The number of pyridine rings is 3. The van der Waals surface area contributed by atoms with Gasteiger partial charge in [0.25, 0.3) is 0 Å². The number of aromatic nitrogens is 6. The first-order valence-corrected chi connectivity index (χ1v) is 15.1. The van der Waals surface area contributed by atoms with Gasteiger partial charge >= 0.3 is 0 Å². The number of nitrogens with zero attached hydrogens (tertiary/aromatic N) is 6. The van der Waals surface area contributed by atoms with E-state index in [-0.39, 0.29) is 0 Å². The summed E-state index contributed by atoms with van der Waals surface area (Å²) in [5, 5.41) is 8.31. The van der Waals surface area contributed by atoms with Gasteiger partial charge in [-0.15, -0.1) is 0 Å². The fourth-order valence-corrected chi connectivity index (χ4v) is 6.39. The highest BCUT2D eigenvalue weighted by Crippen LogP contribution is 2.43. The Balaban J connectivity index is 1.33. The Labute approximate surface area is 264 Å². The molecule has 4 heterocycles. The number of benzene rings is 5. The van der Waals surface area contributed by atoms with Crippen molar-refractivity contribution >= 4 is 43.2 Å². The van der Waals surface area contributed by atoms with E-state index in [1.54, 1.807) is 24.8 Å². The molecular formula is C40H24N6. The van der Waals surface area contributed by atoms with Crippen LogP contribution >= 0.6 is 0 Å². The minimum Gasteiger partial charge on any atom is -0.264 e. The van der Waals surface area contributed by atoms with Crippen LogP contribution in [-0.4, -0.2) is 29.9 Å². The third-order valence-electron chi connectivity index (χ3n) is 8.44. The highest BCUT2D eigenvalue weighted by Gasteiger charge is 2.19. The first-order valence-electron chi connectivity index (χ1n) is 15.1. The Hall–Kier alpha value is -6.40. The van der Waals surface area contributed by atoms with Crippen LogP contribution in [0, 0.1) is 0 Å². The van der Waals surface area contributed by atoms with Crippen molar-refractivity contribution in [3.05, 3.63) is 146 Å². The molecule has 6 heteroatoms.